The molecule has 6 nitrogen and oxygen atoms in total. The Hall–Kier alpha value is -4.58. The molecular formula is C28H20N2O4. The van der Waals surface area contributed by atoms with E-state index in [4.69, 9.17) is 9.47 Å². The van der Waals surface area contributed by atoms with Gasteiger partial charge in [-0.25, -0.2) is 19.6 Å². The summed E-state index contributed by atoms with van der Waals surface area (Å²) in [6, 6.07) is 22.5. The van der Waals surface area contributed by atoms with Crippen LogP contribution in [0.1, 0.15) is 33.4 Å². The Morgan fingerprint density at radius 3 is 1.35 bits per heavy atom. The zero-order chi connectivity index (χ0) is 23.7. The van der Waals surface area contributed by atoms with Crippen LogP contribution in [0.15, 0.2) is 94.2 Å². The van der Waals surface area contributed by atoms with E-state index in [2.05, 4.69) is 9.98 Å². The molecule has 0 amide bonds. The van der Waals surface area contributed by atoms with Gasteiger partial charge in [0, 0.05) is 11.1 Å². The number of carbonyl (C=O) groups is 2. The maximum absolute atomic E-state index is 12.3. The van der Waals surface area contributed by atoms with Gasteiger partial charge in [-0.15, -0.1) is 0 Å². The first kappa shape index (κ1) is 21.3. The van der Waals surface area contributed by atoms with E-state index >= 15 is 0 Å². The van der Waals surface area contributed by atoms with Crippen LogP contribution in [0.3, 0.4) is 0 Å². The van der Waals surface area contributed by atoms with E-state index in [-0.39, 0.29) is 11.4 Å². The summed E-state index contributed by atoms with van der Waals surface area (Å²) >= 11 is 0. The van der Waals surface area contributed by atoms with Crippen molar-refractivity contribution in [3.05, 3.63) is 118 Å². The number of hydrogen-bond donors (Lipinski definition) is 0. The second-order valence-corrected chi connectivity index (χ2v) is 7.97. The normalized spacial score (nSPS) is 17.6. The van der Waals surface area contributed by atoms with Gasteiger partial charge in [-0.2, -0.15) is 0 Å². The lowest BCUT2D eigenvalue weighted by molar-refractivity contribution is -0.130. The van der Waals surface area contributed by atoms with Gasteiger partial charge in [0.2, 0.25) is 11.8 Å². The molecule has 34 heavy (non-hydrogen) atoms. The van der Waals surface area contributed by atoms with E-state index in [1.54, 1.807) is 12.2 Å². The molecule has 2 aliphatic rings. The first-order chi connectivity index (χ1) is 16.5. The molecule has 0 aliphatic carbocycles. The van der Waals surface area contributed by atoms with Crippen LogP contribution in [0.4, 0.5) is 0 Å². The minimum atomic E-state index is -0.490. The molecule has 0 aromatic heterocycles. The molecule has 2 heterocycles. The highest BCUT2D eigenvalue weighted by atomic mass is 16.6. The number of aliphatic imine (C=N–C) groups is 2. The average molecular weight is 448 g/mol. The number of rotatable bonds is 4. The monoisotopic (exact) mass is 448 g/mol. The molecule has 0 radical (unpaired) electrons. The van der Waals surface area contributed by atoms with E-state index in [1.165, 1.54) is 0 Å². The summed E-state index contributed by atoms with van der Waals surface area (Å²) < 4.78 is 10.7. The van der Waals surface area contributed by atoms with Crippen molar-refractivity contribution in [3.8, 4) is 0 Å². The van der Waals surface area contributed by atoms with Gasteiger partial charge in [-0.3, -0.25) is 0 Å². The van der Waals surface area contributed by atoms with E-state index in [0.717, 1.165) is 33.4 Å². The number of ether oxygens (including phenoxy) is 2. The minimum absolute atomic E-state index is 0.233. The van der Waals surface area contributed by atoms with Crippen LogP contribution in [-0.4, -0.2) is 23.7 Å². The van der Waals surface area contributed by atoms with Gasteiger partial charge in [-0.1, -0.05) is 60.7 Å². The highest BCUT2D eigenvalue weighted by Gasteiger charge is 2.26. The summed E-state index contributed by atoms with van der Waals surface area (Å²) in [7, 11) is 0. The van der Waals surface area contributed by atoms with Gasteiger partial charge in [0.05, 0.1) is 0 Å². The van der Waals surface area contributed by atoms with Crippen molar-refractivity contribution >= 4 is 35.9 Å². The molecule has 5 rings (SSSR count). The number of hydrogen-bond acceptors (Lipinski definition) is 6. The molecule has 0 saturated carbocycles. The van der Waals surface area contributed by atoms with Gasteiger partial charge in [-0.05, 0) is 60.4 Å². The summed E-state index contributed by atoms with van der Waals surface area (Å²) in [5.74, 6) is -0.372. The topological polar surface area (TPSA) is 77.3 Å². The summed E-state index contributed by atoms with van der Waals surface area (Å²) in [6.07, 6.45) is 3.34. The third-order valence-electron chi connectivity index (χ3n) is 5.54. The number of nitrogens with zero attached hydrogens (tertiary/aromatic N) is 2. The fraction of sp³-hybridized carbons (Fsp3) is 0.0714. The van der Waals surface area contributed by atoms with E-state index < -0.39 is 11.9 Å². The van der Waals surface area contributed by atoms with Crippen molar-refractivity contribution in [1.29, 1.82) is 0 Å². The van der Waals surface area contributed by atoms with Crippen LogP contribution in [0, 0.1) is 13.8 Å². The first-order valence-corrected chi connectivity index (χ1v) is 10.7. The lowest BCUT2D eigenvalue weighted by atomic mass is 10.1. The molecule has 2 aliphatic heterocycles. The Balaban J connectivity index is 1.37. The minimum Gasteiger partial charge on any atom is -0.402 e. The molecule has 166 valence electrons. The summed E-state index contributed by atoms with van der Waals surface area (Å²) in [4.78, 5) is 33.3. The van der Waals surface area contributed by atoms with Crippen molar-refractivity contribution < 1.29 is 19.1 Å². The SMILES string of the molecule is Cc1ccccc1C1=N/C(=C\c2ccc(/C=C3/N=C(c4ccccc4C)OC3=O)cc2)C(=O)O1. The van der Waals surface area contributed by atoms with E-state index in [9.17, 15) is 9.59 Å². The second kappa shape index (κ2) is 8.75. The van der Waals surface area contributed by atoms with Crippen LogP contribution in [0.5, 0.6) is 0 Å². The number of cyclic esters (lactones) is 2. The fourth-order valence-corrected chi connectivity index (χ4v) is 3.68. The van der Waals surface area contributed by atoms with Gasteiger partial charge in [0.1, 0.15) is 0 Å². The Labute approximate surface area is 196 Å². The number of benzene rings is 3. The quantitative estimate of drug-likeness (QED) is 0.416. The highest BCUT2D eigenvalue weighted by Crippen LogP contribution is 2.23. The highest BCUT2D eigenvalue weighted by molar-refractivity contribution is 6.14. The molecule has 3 aromatic rings. The third-order valence-corrected chi connectivity index (χ3v) is 5.54. The molecule has 0 N–H and O–H groups in total. The second-order valence-electron chi connectivity index (χ2n) is 7.97. The molecule has 0 atom stereocenters. The maximum atomic E-state index is 12.3. The Bertz CT molecular complexity index is 1330. The van der Waals surface area contributed by atoms with Gasteiger partial charge < -0.3 is 9.47 Å². The predicted molar refractivity (Wildman–Crippen MR) is 130 cm³/mol. The number of carbonyl (C=O) groups excluding carboxylic acids is 2. The lowest BCUT2D eigenvalue weighted by Crippen LogP contribution is -2.06. The molecule has 0 spiro atoms. The van der Waals surface area contributed by atoms with Crippen LogP contribution in [0.25, 0.3) is 12.2 Å². The number of aryl methyl sites for hydroxylation is 2. The molecule has 0 fully saturated rings. The lowest BCUT2D eigenvalue weighted by Gasteiger charge is -2.02. The van der Waals surface area contributed by atoms with Crippen molar-refractivity contribution in [2.75, 3.05) is 0 Å². The van der Waals surface area contributed by atoms with Crippen molar-refractivity contribution in [2.24, 2.45) is 9.98 Å². The van der Waals surface area contributed by atoms with Crippen LogP contribution in [0.2, 0.25) is 0 Å². The zero-order valence-corrected chi connectivity index (χ0v) is 18.6. The van der Waals surface area contributed by atoms with Crippen LogP contribution < -0.4 is 0 Å². The molecule has 3 aromatic carbocycles. The Morgan fingerprint density at radius 2 is 0.971 bits per heavy atom. The van der Waals surface area contributed by atoms with Crippen molar-refractivity contribution in [1.82, 2.24) is 0 Å². The van der Waals surface area contributed by atoms with Crippen LogP contribution in [-0.2, 0) is 19.1 Å². The van der Waals surface area contributed by atoms with E-state index in [1.807, 2.05) is 86.6 Å². The molecule has 6 heteroatoms. The first-order valence-electron chi connectivity index (χ1n) is 10.7. The Kier molecular flexibility index (Phi) is 5.47. The van der Waals surface area contributed by atoms with Crippen molar-refractivity contribution in [2.45, 2.75) is 13.8 Å². The smallest absolute Gasteiger partial charge is 0.363 e. The average Bonchev–Trinajstić information content (AvgIpc) is 3.37. The summed E-state index contributed by atoms with van der Waals surface area (Å²) in [5, 5.41) is 0. The largest absolute Gasteiger partial charge is 0.402 e. The zero-order valence-electron chi connectivity index (χ0n) is 18.6. The van der Waals surface area contributed by atoms with Crippen LogP contribution >= 0.6 is 0 Å². The van der Waals surface area contributed by atoms with Crippen molar-refractivity contribution in [3.63, 3.8) is 0 Å². The molecule has 0 saturated heterocycles. The van der Waals surface area contributed by atoms with E-state index in [0.29, 0.717) is 11.8 Å². The van der Waals surface area contributed by atoms with Gasteiger partial charge >= 0.3 is 11.9 Å². The molecule has 0 bridgehead atoms. The Morgan fingerprint density at radius 1 is 0.588 bits per heavy atom. The van der Waals surface area contributed by atoms with Gasteiger partial charge in [0.15, 0.2) is 11.4 Å². The third kappa shape index (κ3) is 4.21. The standard InChI is InChI=1S/C28H20N2O4/c1-17-7-3-5-9-21(17)25-29-23(27(31)33-25)15-19-11-13-20(14-12-19)16-24-28(32)34-26(30-24)22-10-6-4-8-18(22)2/h3-16H,1-2H3/b23-15-,24-16+. The number of esters is 2. The maximum Gasteiger partial charge on any atom is 0.363 e. The fourth-order valence-electron chi connectivity index (χ4n) is 3.68. The summed E-state index contributed by atoms with van der Waals surface area (Å²) in [5.41, 5.74) is 5.56. The summed E-state index contributed by atoms with van der Waals surface area (Å²) in [6.45, 7) is 3.88. The molecular weight excluding hydrogens is 428 g/mol. The van der Waals surface area contributed by atoms with Gasteiger partial charge in [0.25, 0.3) is 0 Å². The predicted octanol–water partition coefficient (Wildman–Crippen LogP) is 4.99. The molecule has 0 unspecified atom stereocenters.